The van der Waals surface area contributed by atoms with Crippen LogP contribution in [0.2, 0.25) is 0 Å². The average Bonchev–Trinajstić information content (AvgIpc) is 2.30. The third kappa shape index (κ3) is 3.57. The molecule has 0 fully saturated rings. The number of benzene rings is 1. The molecule has 1 aromatic carbocycles. The third-order valence-electron chi connectivity index (χ3n) is 2.17. The van der Waals surface area contributed by atoms with Gasteiger partial charge in [0.05, 0.1) is 30.6 Å². The Bertz CT molecular complexity index is 385. The summed E-state index contributed by atoms with van der Waals surface area (Å²) in [6.07, 6.45) is 2.36. The maximum absolute atomic E-state index is 8.75. The van der Waals surface area contributed by atoms with Gasteiger partial charge < -0.3 is 9.47 Å². The van der Waals surface area contributed by atoms with Gasteiger partial charge in [0.25, 0.3) is 0 Å². The first-order valence-corrected chi connectivity index (χ1v) is 6.82. The fourth-order valence-electron chi connectivity index (χ4n) is 1.55. The zero-order valence-corrected chi connectivity index (χ0v) is 11.3. The van der Waals surface area contributed by atoms with Crippen LogP contribution in [0.1, 0.15) is 19.4 Å². The van der Waals surface area contributed by atoms with E-state index in [0.717, 1.165) is 22.0 Å². The minimum atomic E-state index is 0.370. The van der Waals surface area contributed by atoms with Crippen LogP contribution in [0.5, 0.6) is 11.5 Å². The van der Waals surface area contributed by atoms with Crippen molar-refractivity contribution in [3.63, 3.8) is 0 Å². The predicted octanol–water partition coefficient (Wildman–Crippen LogP) is 3.27. The van der Waals surface area contributed by atoms with E-state index in [4.69, 9.17) is 14.7 Å². The first-order valence-electron chi connectivity index (χ1n) is 5.60. The number of thioether (sulfide) groups is 1. The molecule has 0 aliphatic carbocycles. The smallest absolute Gasteiger partial charge is 0.136 e. The van der Waals surface area contributed by atoms with E-state index in [1.165, 1.54) is 0 Å². The lowest BCUT2D eigenvalue weighted by Gasteiger charge is -2.15. The molecule has 92 valence electrons. The van der Waals surface area contributed by atoms with Crippen LogP contribution in [-0.4, -0.2) is 19.5 Å². The molecule has 4 heteroatoms. The van der Waals surface area contributed by atoms with E-state index in [0.29, 0.717) is 19.6 Å². The normalized spacial score (nSPS) is 9.76. The molecule has 0 unspecified atom stereocenters. The summed E-state index contributed by atoms with van der Waals surface area (Å²) in [6, 6.07) is 5.98. The Kier molecular flexibility index (Phi) is 5.71. The van der Waals surface area contributed by atoms with Gasteiger partial charge in [0.2, 0.25) is 0 Å². The zero-order chi connectivity index (χ0) is 12.7. The quantitative estimate of drug-likeness (QED) is 0.728. The summed E-state index contributed by atoms with van der Waals surface area (Å²) in [5.74, 6) is 1.60. The van der Waals surface area contributed by atoms with Gasteiger partial charge in [-0.05, 0) is 37.8 Å². The topological polar surface area (TPSA) is 42.2 Å². The second-order valence-electron chi connectivity index (χ2n) is 3.33. The highest BCUT2D eigenvalue weighted by molar-refractivity contribution is 7.98. The van der Waals surface area contributed by atoms with E-state index < -0.39 is 0 Å². The SMILES string of the molecule is CCOc1cc(CC#N)cc(OCC)c1SC. The molecule has 0 aliphatic rings. The van der Waals surface area contributed by atoms with Crippen LogP contribution in [-0.2, 0) is 6.42 Å². The van der Waals surface area contributed by atoms with E-state index in [-0.39, 0.29) is 0 Å². The maximum Gasteiger partial charge on any atom is 0.136 e. The fourth-order valence-corrected chi connectivity index (χ4v) is 2.19. The molecule has 0 aliphatic heterocycles. The first-order chi connectivity index (χ1) is 8.26. The Balaban J connectivity index is 3.19. The zero-order valence-electron chi connectivity index (χ0n) is 10.4. The minimum Gasteiger partial charge on any atom is -0.493 e. The van der Waals surface area contributed by atoms with Crippen molar-refractivity contribution in [2.75, 3.05) is 19.5 Å². The summed E-state index contributed by atoms with van der Waals surface area (Å²) in [7, 11) is 0. The summed E-state index contributed by atoms with van der Waals surface area (Å²) in [5.41, 5.74) is 0.928. The van der Waals surface area contributed by atoms with Gasteiger partial charge in [-0.3, -0.25) is 0 Å². The van der Waals surface area contributed by atoms with E-state index in [9.17, 15) is 0 Å². The Morgan fingerprint density at radius 2 is 1.71 bits per heavy atom. The molecule has 0 bridgehead atoms. The van der Waals surface area contributed by atoms with Gasteiger partial charge in [-0.15, -0.1) is 11.8 Å². The Labute approximate surface area is 107 Å². The van der Waals surface area contributed by atoms with E-state index in [1.54, 1.807) is 11.8 Å². The molecule has 17 heavy (non-hydrogen) atoms. The lowest BCUT2D eigenvalue weighted by atomic mass is 10.1. The summed E-state index contributed by atoms with van der Waals surface area (Å²) in [6.45, 7) is 5.10. The first kappa shape index (κ1) is 13.7. The summed E-state index contributed by atoms with van der Waals surface area (Å²) in [4.78, 5) is 0.996. The van der Waals surface area contributed by atoms with Crippen LogP contribution in [0.25, 0.3) is 0 Å². The van der Waals surface area contributed by atoms with Gasteiger partial charge in [-0.25, -0.2) is 0 Å². The van der Waals surface area contributed by atoms with Crippen LogP contribution in [0.3, 0.4) is 0 Å². The monoisotopic (exact) mass is 251 g/mol. The molecule has 0 radical (unpaired) electrons. The Hall–Kier alpha value is -1.34. The molecule has 0 heterocycles. The predicted molar refractivity (Wildman–Crippen MR) is 69.9 cm³/mol. The van der Waals surface area contributed by atoms with Crippen molar-refractivity contribution in [2.24, 2.45) is 0 Å². The van der Waals surface area contributed by atoms with E-state index >= 15 is 0 Å². The lowest BCUT2D eigenvalue weighted by molar-refractivity contribution is 0.308. The van der Waals surface area contributed by atoms with Crippen LogP contribution in [0.15, 0.2) is 17.0 Å². The molecule has 0 saturated carbocycles. The van der Waals surface area contributed by atoms with Crippen molar-refractivity contribution in [1.82, 2.24) is 0 Å². The van der Waals surface area contributed by atoms with Gasteiger partial charge in [0.15, 0.2) is 0 Å². The maximum atomic E-state index is 8.75. The van der Waals surface area contributed by atoms with Crippen LogP contribution in [0, 0.1) is 11.3 Å². The Morgan fingerprint density at radius 3 is 2.06 bits per heavy atom. The highest BCUT2D eigenvalue weighted by atomic mass is 32.2. The molecule has 0 atom stereocenters. The van der Waals surface area contributed by atoms with Crippen molar-refractivity contribution in [3.05, 3.63) is 17.7 Å². The number of nitriles is 1. The molecule has 0 saturated heterocycles. The van der Waals surface area contributed by atoms with Crippen molar-refractivity contribution in [2.45, 2.75) is 25.2 Å². The molecular weight excluding hydrogens is 234 g/mol. The number of ether oxygens (including phenoxy) is 2. The number of rotatable bonds is 6. The molecule has 1 rings (SSSR count). The van der Waals surface area contributed by atoms with Crippen molar-refractivity contribution < 1.29 is 9.47 Å². The second-order valence-corrected chi connectivity index (χ2v) is 4.14. The molecule has 0 amide bonds. The summed E-state index contributed by atoms with van der Waals surface area (Å²) in [5, 5.41) is 8.75. The minimum absolute atomic E-state index is 0.370. The third-order valence-corrected chi connectivity index (χ3v) is 2.98. The molecule has 0 aromatic heterocycles. The van der Waals surface area contributed by atoms with Gasteiger partial charge in [-0.2, -0.15) is 5.26 Å². The van der Waals surface area contributed by atoms with Crippen LogP contribution >= 0.6 is 11.8 Å². The van der Waals surface area contributed by atoms with Gasteiger partial charge >= 0.3 is 0 Å². The number of nitrogens with zero attached hydrogens (tertiary/aromatic N) is 1. The molecular formula is C13H17NO2S. The van der Waals surface area contributed by atoms with Gasteiger partial charge in [0.1, 0.15) is 11.5 Å². The molecule has 0 spiro atoms. The van der Waals surface area contributed by atoms with Crippen molar-refractivity contribution in [1.29, 1.82) is 5.26 Å². The Morgan fingerprint density at radius 1 is 1.18 bits per heavy atom. The lowest BCUT2D eigenvalue weighted by Crippen LogP contribution is -2.00. The average molecular weight is 251 g/mol. The highest BCUT2D eigenvalue weighted by Crippen LogP contribution is 2.38. The second kappa shape index (κ2) is 7.08. The van der Waals surface area contributed by atoms with Crippen LogP contribution in [0.4, 0.5) is 0 Å². The van der Waals surface area contributed by atoms with E-state index in [2.05, 4.69) is 6.07 Å². The fraction of sp³-hybridized carbons (Fsp3) is 0.462. The summed E-state index contributed by atoms with van der Waals surface area (Å²) < 4.78 is 11.2. The summed E-state index contributed by atoms with van der Waals surface area (Å²) >= 11 is 1.60. The number of hydrogen-bond acceptors (Lipinski definition) is 4. The van der Waals surface area contributed by atoms with Gasteiger partial charge in [0, 0.05) is 0 Å². The van der Waals surface area contributed by atoms with E-state index in [1.807, 2.05) is 32.2 Å². The van der Waals surface area contributed by atoms with Crippen molar-refractivity contribution >= 4 is 11.8 Å². The number of hydrogen-bond donors (Lipinski definition) is 0. The molecule has 3 nitrogen and oxygen atoms in total. The molecule has 0 N–H and O–H groups in total. The largest absolute Gasteiger partial charge is 0.493 e. The van der Waals surface area contributed by atoms with Crippen molar-refractivity contribution in [3.8, 4) is 17.6 Å². The highest BCUT2D eigenvalue weighted by Gasteiger charge is 2.12. The van der Waals surface area contributed by atoms with Crippen LogP contribution < -0.4 is 9.47 Å². The standard InChI is InChI=1S/C13H17NO2S/c1-4-15-11-8-10(6-7-14)9-12(16-5-2)13(11)17-3/h8-9H,4-6H2,1-3H3. The van der Waals surface area contributed by atoms with Gasteiger partial charge in [-0.1, -0.05) is 0 Å². The molecule has 1 aromatic rings.